The van der Waals surface area contributed by atoms with E-state index in [9.17, 15) is 0 Å². The Labute approximate surface area is 103 Å². The highest BCUT2D eigenvalue weighted by Crippen LogP contribution is 2.18. The molecule has 0 aliphatic heterocycles. The molecule has 0 saturated carbocycles. The number of aliphatic hydroxyl groups is 1. The predicted octanol–water partition coefficient (Wildman–Crippen LogP) is 1.39. The number of nitrogens with zero attached hydrogens (tertiary/aromatic N) is 3. The molecule has 1 aromatic heterocycles. The van der Waals surface area contributed by atoms with Crippen molar-refractivity contribution in [3.05, 3.63) is 11.9 Å². The molecule has 0 fully saturated rings. The maximum absolute atomic E-state index is 8.87. The standard InChI is InChI=1S/C12H22N4O/c1-4-16(6-5-7-17)11-8-10(13)14-12(15-11)9(2)3/h8-9,17H,4-7H2,1-3H3,(H2,13,14,15). The molecule has 0 bridgehead atoms. The van der Waals surface area contributed by atoms with Crippen LogP contribution in [0.3, 0.4) is 0 Å². The van der Waals surface area contributed by atoms with Gasteiger partial charge in [0.25, 0.3) is 0 Å². The van der Waals surface area contributed by atoms with Gasteiger partial charge in [0.1, 0.15) is 17.5 Å². The number of aromatic nitrogens is 2. The summed E-state index contributed by atoms with van der Waals surface area (Å²) in [4.78, 5) is 10.8. The fourth-order valence-electron chi connectivity index (χ4n) is 1.59. The van der Waals surface area contributed by atoms with Crippen LogP contribution in [0, 0.1) is 0 Å². The highest BCUT2D eigenvalue weighted by molar-refractivity contribution is 5.47. The predicted molar refractivity (Wildman–Crippen MR) is 70.1 cm³/mol. The summed E-state index contributed by atoms with van der Waals surface area (Å²) in [5.41, 5.74) is 5.79. The van der Waals surface area contributed by atoms with Gasteiger partial charge >= 0.3 is 0 Å². The molecule has 3 N–H and O–H groups in total. The molecule has 0 radical (unpaired) electrons. The Kier molecular flexibility index (Phi) is 5.15. The average molecular weight is 238 g/mol. The lowest BCUT2D eigenvalue weighted by atomic mass is 10.2. The van der Waals surface area contributed by atoms with Crippen LogP contribution in [0.1, 0.15) is 38.9 Å². The van der Waals surface area contributed by atoms with E-state index in [4.69, 9.17) is 10.8 Å². The van der Waals surface area contributed by atoms with Gasteiger partial charge < -0.3 is 15.7 Å². The summed E-state index contributed by atoms with van der Waals surface area (Å²) in [5, 5.41) is 8.87. The third-order valence-electron chi connectivity index (χ3n) is 2.56. The summed E-state index contributed by atoms with van der Waals surface area (Å²) < 4.78 is 0. The number of hydrogen-bond donors (Lipinski definition) is 2. The molecule has 0 unspecified atom stereocenters. The Morgan fingerprint density at radius 2 is 2.12 bits per heavy atom. The van der Waals surface area contributed by atoms with Crippen LogP contribution in [0.5, 0.6) is 0 Å². The van der Waals surface area contributed by atoms with E-state index in [1.54, 1.807) is 6.07 Å². The molecule has 0 aliphatic carbocycles. The first-order chi connectivity index (χ1) is 8.08. The van der Waals surface area contributed by atoms with E-state index in [0.29, 0.717) is 5.82 Å². The van der Waals surface area contributed by atoms with Gasteiger partial charge in [-0.25, -0.2) is 9.97 Å². The Morgan fingerprint density at radius 3 is 2.65 bits per heavy atom. The molecule has 96 valence electrons. The van der Waals surface area contributed by atoms with Crippen LogP contribution in [-0.2, 0) is 0 Å². The Hall–Kier alpha value is -1.36. The highest BCUT2D eigenvalue weighted by Gasteiger charge is 2.11. The summed E-state index contributed by atoms with van der Waals surface area (Å²) in [6.07, 6.45) is 0.731. The second-order valence-corrected chi connectivity index (χ2v) is 4.32. The largest absolute Gasteiger partial charge is 0.396 e. The van der Waals surface area contributed by atoms with Gasteiger partial charge in [-0.2, -0.15) is 0 Å². The van der Waals surface area contributed by atoms with E-state index in [0.717, 1.165) is 31.2 Å². The number of nitrogen functional groups attached to an aromatic ring is 1. The van der Waals surface area contributed by atoms with E-state index >= 15 is 0 Å². The SMILES string of the molecule is CCN(CCCO)c1cc(N)nc(C(C)C)n1. The smallest absolute Gasteiger partial charge is 0.135 e. The fraction of sp³-hybridized carbons (Fsp3) is 0.667. The summed E-state index contributed by atoms with van der Waals surface area (Å²) in [7, 11) is 0. The number of hydrogen-bond acceptors (Lipinski definition) is 5. The van der Waals surface area contributed by atoms with E-state index in [-0.39, 0.29) is 12.5 Å². The van der Waals surface area contributed by atoms with Crippen LogP contribution >= 0.6 is 0 Å². The molecule has 0 aliphatic rings. The number of aliphatic hydroxyl groups excluding tert-OH is 1. The molecule has 0 atom stereocenters. The van der Waals surface area contributed by atoms with Crippen LogP contribution in [0.4, 0.5) is 11.6 Å². The van der Waals surface area contributed by atoms with Crippen LogP contribution in [0.2, 0.25) is 0 Å². The molecular formula is C12H22N4O. The molecule has 0 saturated heterocycles. The minimum atomic E-state index is 0.189. The van der Waals surface area contributed by atoms with Crippen LogP contribution in [0.25, 0.3) is 0 Å². The Morgan fingerprint density at radius 1 is 1.41 bits per heavy atom. The first kappa shape index (κ1) is 13.7. The van der Waals surface area contributed by atoms with Crippen molar-refractivity contribution in [3.63, 3.8) is 0 Å². The summed E-state index contributed by atoms with van der Waals surface area (Å²) in [6, 6.07) is 1.78. The van der Waals surface area contributed by atoms with Crippen molar-refractivity contribution in [2.24, 2.45) is 0 Å². The maximum atomic E-state index is 8.87. The van der Waals surface area contributed by atoms with Gasteiger partial charge in [-0.05, 0) is 13.3 Å². The zero-order valence-corrected chi connectivity index (χ0v) is 10.8. The third-order valence-corrected chi connectivity index (χ3v) is 2.56. The highest BCUT2D eigenvalue weighted by atomic mass is 16.3. The molecule has 5 nitrogen and oxygen atoms in total. The monoisotopic (exact) mass is 238 g/mol. The molecule has 0 amide bonds. The first-order valence-corrected chi connectivity index (χ1v) is 6.08. The van der Waals surface area contributed by atoms with E-state index in [1.165, 1.54) is 0 Å². The Bertz CT molecular complexity index is 354. The van der Waals surface area contributed by atoms with Gasteiger partial charge in [-0.1, -0.05) is 13.8 Å². The second kappa shape index (κ2) is 6.39. The van der Waals surface area contributed by atoms with E-state index < -0.39 is 0 Å². The van der Waals surface area contributed by atoms with Crippen molar-refractivity contribution >= 4 is 11.6 Å². The van der Waals surface area contributed by atoms with E-state index in [2.05, 4.69) is 21.8 Å². The lowest BCUT2D eigenvalue weighted by Gasteiger charge is -2.22. The number of nitrogens with two attached hydrogens (primary N) is 1. The van der Waals surface area contributed by atoms with Crippen molar-refractivity contribution in [1.29, 1.82) is 0 Å². The summed E-state index contributed by atoms with van der Waals surface area (Å²) >= 11 is 0. The zero-order chi connectivity index (χ0) is 12.8. The number of anilines is 2. The van der Waals surface area contributed by atoms with Crippen molar-refractivity contribution in [2.45, 2.75) is 33.1 Å². The van der Waals surface area contributed by atoms with Crippen LogP contribution in [-0.4, -0.2) is 34.8 Å². The number of rotatable bonds is 6. The molecule has 5 heteroatoms. The van der Waals surface area contributed by atoms with Gasteiger partial charge in [-0.3, -0.25) is 0 Å². The second-order valence-electron chi connectivity index (χ2n) is 4.32. The summed E-state index contributed by atoms with van der Waals surface area (Å²) in [6.45, 7) is 7.96. The lowest BCUT2D eigenvalue weighted by molar-refractivity contribution is 0.289. The van der Waals surface area contributed by atoms with Crippen molar-refractivity contribution in [1.82, 2.24) is 9.97 Å². The van der Waals surface area contributed by atoms with Crippen LogP contribution in [0.15, 0.2) is 6.07 Å². The minimum Gasteiger partial charge on any atom is -0.396 e. The maximum Gasteiger partial charge on any atom is 0.135 e. The van der Waals surface area contributed by atoms with E-state index in [1.807, 2.05) is 13.8 Å². The lowest BCUT2D eigenvalue weighted by Crippen LogP contribution is -2.26. The zero-order valence-electron chi connectivity index (χ0n) is 10.8. The fourth-order valence-corrected chi connectivity index (χ4v) is 1.59. The van der Waals surface area contributed by atoms with Gasteiger partial charge in [0.05, 0.1) is 0 Å². The van der Waals surface area contributed by atoms with Crippen molar-refractivity contribution < 1.29 is 5.11 Å². The summed E-state index contributed by atoms with van der Waals surface area (Å²) in [5.74, 6) is 2.37. The van der Waals surface area contributed by atoms with Gasteiger partial charge in [0.15, 0.2) is 0 Å². The molecule has 1 rings (SSSR count). The normalized spacial score (nSPS) is 10.9. The average Bonchev–Trinajstić information content (AvgIpc) is 2.29. The Balaban J connectivity index is 2.94. The van der Waals surface area contributed by atoms with Gasteiger partial charge in [-0.15, -0.1) is 0 Å². The molecule has 1 aromatic rings. The van der Waals surface area contributed by atoms with Crippen molar-refractivity contribution in [3.8, 4) is 0 Å². The minimum absolute atomic E-state index is 0.189. The van der Waals surface area contributed by atoms with Crippen molar-refractivity contribution in [2.75, 3.05) is 30.3 Å². The van der Waals surface area contributed by atoms with Crippen LogP contribution < -0.4 is 10.6 Å². The quantitative estimate of drug-likeness (QED) is 0.783. The molecule has 0 spiro atoms. The topological polar surface area (TPSA) is 75.3 Å². The third kappa shape index (κ3) is 3.85. The van der Waals surface area contributed by atoms with Gasteiger partial charge in [0, 0.05) is 31.7 Å². The molecule has 0 aromatic carbocycles. The molecule has 17 heavy (non-hydrogen) atoms. The molecule has 1 heterocycles. The first-order valence-electron chi connectivity index (χ1n) is 6.08. The molecular weight excluding hydrogens is 216 g/mol. The van der Waals surface area contributed by atoms with Gasteiger partial charge in [0.2, 0.25) is 0 Å².